The Hall–Kier alpha value is -1.18. The number of fused-ring (bicyclic) bond motifs is 1. The van der Waals surface area contributed by atoms with Gasteiger partial charge in [0.25, 0.3) is 0 Å². The van der Waals surface area contributed by atoms with E-state index in [1.54, 1.807) is 0 Å². The van der Waals surface area contributed by atoms with Crippen LogP contribution in [-0.2, 0) is 6.54 Å². The number of guanidine groups is 1. The largest absolute Gasteiger partial charge is 0.490 e. The van der Waals surface area contributed by atoms with E-state index in [1.807, 2.05) is 18.2 Å². The van der Waals surface area contributed by atoms with Crippen molar-refractivity contribution in [3.63, 3.8) is 0 Å². The number of halogens is 1. The van der Waals surface area contributed by atoms with Gasteiger partial charge in [-0.25, -0.2) is 4.99 Å². The zero-order chi connectivity index (χ0) is 15.9. The highest BCUT2D eigenvalue weighted by Gasteiger charge is 2.15. The summed E-state index contributed by atoms with van der Waals surface area (Å²) in [5, 5.41) is 3.38. The van der Waals surface area contributed by atoms with Crippen molar-refractivity contribution in [3.05, 3.63) is 23.8 Å². The quantitative estimate of drug-likeness (QED) is 0.323. The van der Waals surface area contributed by atoms with Gasteiger partial charge in [0, 0.05) is 18.0 Å². The number of para-hydroxylation sites is 1. The fraction of sp³-hybridized carbons (Fsp3) is 0.611. The number of rotatable bonds is 3. The van der Waals surface area contributed by atoms with E-state index in [0.29, 0.717) is 31.8 Å². The number of nitrogens with two attached hydrogens (primary N) is 1. The number of nitrogens with one attached hydrogen (secondary N) is 1. The molecule has 2 aliphatic rings. The molecule has 6 heteroatoms. The lowest BCUT2D eigenvalue weighted by Crippen LogP contribution is -2.39. The van der Waals surface area contributed by atoms with Crippen LogP contribution in [0.3, 0.4) is 0 Å². The van der Waals surface area contributed by atoms with Gasteiger partial charge in [0.05, 0.1) is 19.8 Å². The first kappa shape index (κ1) is 19.1. The highest BCUT2D eigenvalue weighted by atomic mass is 127. The van der Waals surface area contributed by atoms with Gasteiger partial charge in [-0.2, -0.15) is 0 Å². The lowest BCUT2D eigenvalue weighted by Gasteiger charge is -2.17. The van der Waals surface area contributed by atoms with E-state index in [1.165, 1.54) is 38.5 Å². The summed E-state index contributed by atoms with van der Waals surface area (Å²) in [6, 6.07) is 6.42. The van der Waals surface area contributed by atoms with Crippen LogP contribution in [0.15, 0.2) is 23.2 Å². The molecule has 3 N–H and O–H groups in total. The molecular weight excluding hydrogens is 417 g/mol. The average molecular weight is 445 g/mol. The van der Waals surface area contributed by atoms with Crippen molar-refractivity contribution in [2.75, 3.05) is 13.2 Å². The maximum Gasteiger partial charge on any atom is 0.189 e. The molecule has 1 aliphatic heterocycles. The minimum absolute atomic E-state index is 0. The molecule has 1 fully saturated rings. The number of benzene rings is 1. The summed E-state index contributed by atoms with van der Waals surface area (Å²) in [4.78, 5) is 4.51. The minimum Gasteiger partial charge on any atom is -0.490 e. The Bertz CT molecular complexity index is 543. The molecule has 24 heavy (non-hydrogen) atoms. The summed E-state index contributed by atoms with van der Waals surface area (Å²) in [5.74, 6) is 2.16. The van der Waals surface area contributed by atoms with E-state index in [4.69, 9.17) is 15.2 Å². The van der Waals surface area contributed by atoms with Crippen LogP contribution in [0.2, 0.25) is 0 Å². The second-order valence-electron chi connectivity index (χ2n) is 6.33. The van der Waals surface area contributed by atoms with Crippen molar-refractivity contribution in [2.24, 2.45) is 10.7 Å². The van der Waals surface area contributed by atoms with Crippen molar-refractivity contribution < 1.29 is 9.47 Å². The molecule has 134 valence electrons. The van der Waals surface area contributed by atoms with Gasteiger partial charge >= 0.3 is 0 Å². The van der Waals surface area contributed by atoms with Gasteiger partial charge in [-0.15, -0.1) is 24.0 Å². The van der Waals surface area contributed by atoms with Crippen LogP contribution in [-0.4, -0.2) is 25.2 Å². The van der Waals surface area contributed by atoms with Crippen molar-refractivity contribution in [1.82, 2.24) is 5.32 Å². The number of ether oxygens (including phenoxy) is 2. The summed E-state index contributed by atoms with van der Waals surface area (Å²) in [5.41, 5.74) is 7.10. The Morgan fingerprint density at radius 1 is 1.08 bits per heavy atom. The molecule has 5 nitrogen and oxygen atoms in total. The lowest BCUT2D eigenvalue weighted by atomic mass is 10.1. The number of aliphatic imine (C=N–C) groups is 1. The van der Waals surface area contributed by atoms with Crippen LogP contribution in [0.1, 0.15) is 50.5 Å². The third-order valence-corrected chi connectivity index (χ3v) is 4.48. The lowest BCUT2D eigenvalue weighted by molar-refractivity contribution is 0.296. The molecule has 0 amide bonds. The normalized spacial score (nSPS) is 18.9. The van der Waals surface area contributed by atoms with E-state index in [-0.39, 0.29) is 24.0 Å². The summed E-state index contributed by atoms with van der Waals surface area (Å²) >= 11 is 0. The second kappa shape index (κ2) is 9.96. The van der Waals surface area contributed by atoms with Crippen molar-refractivity contribution in [3.8, 4) is 11.5 Å². The topological polar surface area (TPSA) is 68.9 Å². The fourth-order valence-corrected chi connectivity index (χ4v) is 3.23. The first-order valence-electron chi connectivity index (χ1n) is 8.77. The van der Waals surface area contributed by atoms with Gasteiger partial charge in [-0.1, -0.05) is 37.8 Å². The Morgan fingerprint density at radius 3 is 2.62 bits per heavy atom. The third kappa shape index (κ3) is 5.43. The van der Waals surface area contributed by atoms with Crippen LogP contribution < -0.4 is 20.5 Å². The summed E-state index contributed by atoms with van der Waals surface area (Å²) in [6.07, 6.45) is 8.51. The molecule has 3 rings (SSSR count). The number of hydrogen-bond donors (Lipinski definition) is 2. The van der Waals surface area contributed by atoms with Crippen LogP contribution in [0.5, 0.6) is 11.5 Å². The highest BCUT2D eigenvalue weighted by Crippen LogP contribution is 2.33. The molecule has 0 spiro atoms. The van der Waals surface area contributed by atoms with Crippen LogP contribution in [0, 0.1) is 0 Å². The second-order valence-corrected chi connectivity index (χ2v) is 6.33. The summed E-state index contributed by atoms with van der Waals surface area (Å²) < 4.78 is 11.5. The SMILES string of the molecule is I.NC(=NCc1cccc2c1OCCCO2)NC1CCCCCC1. The van der Waals surface area contributed by atoms with Crippen molar-refractivity contribution in [2.45, 2.75) is 57.5 Å². The van der Waals surface area contributed by atoms with E-state index in [2.05, 4.69) is 10.3 Å². The molecule has 1 heterocycles. The molecule has 1 aliphatic carbocycles. The van der Waals surface area contributed by atoms with Gasteiger partial charge in [-0.3, -0.25) is 0 Å². The van der Waals surface area contributed by atoms with Gasteiger partial charge in [0.15, 0.2) is 17.5 Å². The first-order chi connectivity index (χ1) is 11.3. The summed E-state index contributed by atoms with van der Waals surface area (Å²) in [6.45, 7) is 1.90. The number of hydrogen-bond acceptors (Lipinski definition) is 3. The van der Waals surface area contributed by atoms with Crippen LogP contribution in [0.4, 0.5) is 0 Å². The molecule has 0 radical (unpaired) electrons. The van der Waals surface area contributed by atoms with E-state index in [9.17, 15) is 0 Å². The molecule has 0 atom stereocenters. The highest BCUT2D eigenvalue weighted by molar-refractivity contribution is 14.0. The Labute approximate surface area is 161 Å². The first-order valence-corrected chi connectivity index (χ1v) is 8.77. The maximum absolute atomic E-state index is 6.08. The Morgan fingerprint density at radius 2 is 1.83 bits per heavy atom. The average Bonchev–Trinajstić information content (AvgIpc) is 2.95. The monoisotopic (exact) mass is 445 g/mol. The molecule has 0 saturated heterocycles. The molecule has 1 aromatic carbocycles. The van der Waals surface area contributed by atoms with E-state index in [0.717, 1.165) is 23.5 Å². The van der Waals surface area contributed by atoms with E-state index >= 15 is 0 Å². The molecular formula is C18H28IN3O2. The minimum atomic E-state index is 0. The Balaban J connectivity index is 0.00000208. The predicted octanol–water partition coefficient (Wildman–Crippen LogP) is 3.59. The molecule has 0 aromatic heterocycles. The van der Waals surface area contributed by atoms with Gasteiger partial charge in [-0.05, 0) is 18.9 Å². The molecule has 0 unspecified atom stereocenters. The smallest absolute Gasteiger partial charge is 0.189 e. The Kier molecular flexibility index (Phi) is 7.94. The standard InChI is InChI=1S/C18H27N3O2.HI/c19-18(21-15-8-3-1-2-4-9-15)20-13-14-7-5-10-16-17(14)23-12-6-11-22-16;/h5,7,10,15H,1-4,6,8-9,11-13H2,(H3,19,20,21);1H. The van der Waals surface area contributed by atoms with Gasteiger partial charge in [0.2, 0.25) is 0 Å². The molecule has 1 aromatic rings. The zero-order valence-electron chi connectivity index (χ0n) is 14.1. The molecule has 0 bridgehead atoms. The van der Waals surface area contributed by atoms with Crippen molar-refractivity contribution in [1.29, 1.82) is 0 Å². The fourth-order valence-electron chi connectivity index (χ4n) is 3.23. The van der Waals surface area contributed by atoms with Crippen molar-refractivity contribution >= 4 is 29.9 Å². The third-order valence-electron chi connectivity index (χ3n) is 4.48. The van der Waals surface area contributed by atoms with E-state index < -0.39 is 0 Å². The van der Waals surface area contributed by atoms with Crippen LogP contribution >= 0.6 is 24.0 Å². The predicted molar refractivity (Wildman–Crippen MR) is 107 cm³/mol. The molecule has 1 saturated carbocycles. The maximum atomic E-state index is 6.08. The number of nitrogens with zero attached hydrogens (tertiary/aromatic N) is 1. The van der Waals surface area contributed by atoms with Gasteiger partial charge < -0.3 is 20.5 Å². The zero-order valence-corrected chi connectivity index (χ0v) is 16.5. The van der Waals surface area contributed by atoms with Crippen LogP contribution in [0.25, 0.3) is 0 Å². The summed E-state index contributed by atoms with van der Waals surface area (Å²) in [7, 11) is 0. The van der Waals surface area contributed by atoms with Gasteiger partial charge in [0.1, 0.15) is 0 Å².